The molecule has 0 spiro atoms. The van der Waals surface area contributed by atoms with Gasteiger partial charge in [-0.1, -0.05) is 23.8 Å². The van der Waals surface area contributed by atoms with E-state index in [0.29, 0.717) is 24.1 Å². The number of benzene rings is 2. The minimum absolute atomic E-state index is 0.186. The molecule has 2 aromatic heterocycles. The van der Waals surface area contributed by atoms with Crippen molar-refractivity contribution >= 4 is 16.8 Å². The number of aromatic amines is 1. The van der Waals surface area contributed by atoms with E-state index in [1.807, 2.05) is 37.3 Å². The minimum atomic E-state index is -0.186. The van der Waals surface area contributed by atoms with Crippen LogP contribution in [0.3, 0.4) is 0 Å². The molecule has 0 bridgehead atoms. The number of pyridine rings is 1. The van der Waals surface area contributed by atoms with Gasteiger partial charge in [-0.3, -0.25) is 14.9 Å². The molecule has 1 amide bonds. The highest BCUT2D eigenvalue weighted by molar-refractivity contribution is 5.94. The molecule has 2 aromatic carbocycles. The first kappa shape index (κ1) is 18.4. The second-order valence-electron chi connectivity index (χ2n) is 6.97. The average Bonchev–Trinajstić information content (AvgIpc) is 3.15. The number of nitriles is 1. The van der Waals surface area contributed by atoms with Crippen molar-refractivity contribution < 1.29 is 4.79 Å². The van der Waals surface area contributed by atoms with E-state index in [0.717, 1.165) is 33.3 Å². The molecule has 0 saturated carbocycles. The summed E-state index contributed by atoms with van der Waals surface area (Å²) in [6.07, 6.45) is 3.96. The smallest absolute Gasteiger partial charge is 0.253 e. The fourth-order valence-electron chi connectivity index (χ4n) is 3.22. The van der Waals surface area contributed by atoms with Gasteiger partial charge < -0.3 is 5.32 Å². The molecule has 0 saturated heterocycles. The molecular weight excluding hydrogens is 362 g/mol. The summed E-state index contributed by atoms with van der Waals surface area (Å²) < 4.78 is 0. The van der Waals surface area contributed by atoms with Crippen LogP contribution in [0.1, 0.15) is 38.3 Å². The van der Waals surface area contributed by atoms with Crippen molar-refractivity contribution in [2.24, 2.45) is 0 Å². The first-order valence-electron chi connectivity index (χ1n) is 9.27. The number of aromatic nitrogens is 3. The van der Waals surface area contributed by atoms with Gasteiger partial charge in [-0.05, 0) is 54.8 Å². The molecule has 0 aliphatic heterocycles. The van der Waals surface area contributed by atoms with Crippen LogP contribution in [0.4, 0.5) is 0 Å². The monoisotopic (exact) mass is 381 g/mol. The Labute approximate surface area is 168 Å². The van der Waals surface area contributed by atoms with Crippen LogP contribution in [-0.2, 0) is 13.0 Å². The van der Waals surface area contributed by atoms with Crippen LogP contribution in [-0.4, -0.2) is 21.1 Å². The predicted molar refractivity (Wildman–Crippen MR) is 110 cm³/mol. The number of hydrogen-bond donors (Lipinski definition) is 2. The highest BCUT2D eigenvalue weighted by Gasteiger charge is 2.10. The first-order chi connectivity index (χ1) is 14.1. The summed E-state index contributed by atoms with van der Waals surface area (Å²) in [6.45, 7) is 2.39. The highest BCUT2D eigenvalue weighted by Crippen LogP contribution is 2.17. The van der Waals surface area contributed by atoms with Crippen LogP contribution >= 0.6 is 0 Å². The average molecular weight is 381 g/mol. The fourth-order valence-corrected chi connectivity index (χ4v) is 3.22. The lowest BCUT2D eigenvalue weighted by atomic mass is 10.0. The maximum atomic E-state index is 12.6. The van der Waals surface area contributed by atoms with Crippen molar-refractivity contribution in [3.63, 3.8) is 0 Å². The van der Waals surface area contributed by atoms with Gasteiger partial charge in [0, 0.05) is 17.8 Å². The van der Waals surface area contributed by atoms with Gasteiger partial charge in [0.2, 0.25) is 0 Å². The molecule has 0 fully saturated rings. The number of amides is 1. The van der Waals surface area contributed by atoms with Crippen molar-refractivity contribution in [3.05, 3.63) is 94.4 Å². The molecule has 2 N–H and O–H groups in total. The number of nitrogens with zero attached hydrogens (tertiary/aromatic N) is 3. The van der Waals surface area contributed by atoms with Crippen LogP contribution < -0.4 is 5.32 Å². The zero-order valence-electron chi connectivity index (χ0n) is 15.9. The van der Waals surface area contributed by atoms with Crippen molar-refractivity contribution in [3.8, 4) is 6.07 Å². The van der Waals surface area contributed by atoms with E-state index in [9.17, 15) is 4.79 Å². The first-order valence-corrected chi connectivity index (χ1v) is 9.27. The van der Waals surface area contributed by atoms with Crippen molar-refractivity contribution in [2.75, 3.05) is 0 Å². The summed E-state index contributed by atoms with van der Waals surface area (Å²) >= 11 is 0. The fraction of sp³-hybridized carbons (Fsp3) is 0.130. The highest BCUT2D eigenvalue weighted by atomic mass is 16.1. The zero-order chi connectivity index (χ0) is 20.2. The molecule has 6 nitrogen and oxygen atoms in total. The van der Waals surface area contributed by atoms with Gasteiger partial charge in [-0.15, -0.1) is 0 Å². The lowest BCUT2D eigenvalue weighted by Crippen LogP contribution is -2.23. The number of hydrogen-bond acceptors (Lipinski definition) is 4. The van der Waals surface area contributed by atoms with Crippen LogP contribution in [0.25, 0.3) is 10.9 Å². The van der Waals surface area contributed by atoms with E-state index in [1.54, 1.807) is 24.5 Å². The molecule has 0 aliphatic rings. The Morgan fingerprint density at radius 2 is 1.93 bits per heavy atom. The maximum absolute atomic E-state index is 12.6. The van der Waals surface area contributed by atoms with Gasteiger partial charge in [-0.2, -0.15) is 10.4 Å². The molecule has 2 heterocycles. The van der Waals surface area contributed by atoms with E-state index >= 15 is 0 Å². The third-order valence-corrected chi connectivity index (χ3v) is 4.76. The Hall–Kier alpha value is -3.98. The molecule has 142 valence electrons. The van der Waals surface area contributed by atoms with Crippen LogP contribution in [0.5, 0.6) is 0 Å². The quantitative estimate of drug-likeness (QED) is 0.552. The second kappa shape index (κ2) is 7.95. The molecule has 0 aliphatic carbocycles. The van der Waals surface area contributed by atoms with Crippen LogP contribution in [0.15, 0.2) is 60.9 Å². The van der Waals surface area contributed by atoms with Crippen LogP contribution in [0.2, 0.25) is 0 Å². The normalized spacial score (nSPS) is 10.6. The summed E-state index contributed by atoms with van der Waals surface area (Å²) in [4.78, 5) is 16.8. The number of aryl methyl sites for hydroxylation is 1. The topological polar surface area (TPSA) is 94.5 Å². The molecule has 0 radical (unpaired) electrons. The summed E-state index contributed by atoms with van der Waals surface area (Å²) in [5.41, 5.74) is 6.03. The molecule has 0 unspecified atom stereocenters. The van der Waals surface area contributed by atoms with E-state index in [2.05, 4.69) is 32.6 Å². The van der Waals surface area contributed by atoms with E-state index in [-0.39, 0.29) is 5.91 Å². The number of rotatable bonds is 5. The maximum Gasteiger partial charge on any atom is 0.253 e. The Morgan fingerprint density at radius 1 is 1.10 bits per heavy atom. The zero-order valence-corrected chi connectivity index (χ0v) is 15.9. The number of carbonyl (C=O) groups is 1. The van der Waals surface area contributed by atoms with Gasteiger partial charge in [0.05, 0.1) is 35.0 Å². The van der Waals surface area contributed by atoms with Gasteiger partial charge in [0.25, 0.3) is 5.91 Å². The largest absolute Gasteiger partial charge is 0.346 e. The third-order valence-electron chi connectivity index (χ3n) is 4.76. The van der Waals surface area contributed by atoms with E-state index < -0.39 is 0 Å². The Morgan fingerprint density at radius 3 is 2.72 bits per heavy atom. The molecule has 4 rings (SSSR count). The molecule has 29 heavy (non-hydrogen) atoms. The summed E-state index contributed by atoms with van der Waals surface area (Å²) in [5, 5.41) is 20.1. The van der Waals surface area contributed by atoms with Crippen molar-refractivity contribution in [1.29, 1.82) is 5.26 Å². The van der Waals surface area contributed by atoms with Gasteiger partial charge in [0.15, 0.2) is 0 Å². The second-order valence-corrected chi connectivity index (χ2v) is 6.97. The lowest BCUT2D eigenvalue weighted by Gasteiger charge is -2.07. The molecule has 6 heteroatoms. The van der Waals surface area contributed by atoms with E-state index in [4.69, 9.17) is 5.26 Å². The summed E-state index contributed by atoms with van der Waals surface area (Å²) in [6, 6.07) is 17.4. The van der Waals surface area contributed by atoms with Crippen molar-refractivity contribution in [2.45, 2.75) is 19.9 Å². The summed E-state index contributed by atoms with van der Waals surface area (Å²) in [7, 11) is 0. The summed E-state index contributed by atoms with van der Waals surface area (Å²) in [5.74, 6) is -0.186. The minimum Gasteiger partial charge on any atom is -0.346 e. The third kappa shape index (κ3) is 4.14. The molecular formula is C23H19N5O. The van der Waals surface area contributed by atoms with Crippen LogP contribution in [0, 0.1) is 18.3 Å². The van der Waals surface area contributed by atoms with E-state index in [1.165, 1.54) is 0 Å². The number of carbonyl (C=O) groups excluding carboxylic acids is 1. The molecule has 4 aromatic rings. The number of fused-ring (bicyclic) bond motifs is 1. The molecule has 0 atom stereocenters. The number of nitrogens with one attached hydrogen (secondary N) is 2. The Kier molecular flexibility index (Phi) is 5.04. The predicted octanol–water partition coefficient (Wildman–Crippen LogP) is 3.66. The Bertz CT molecular complexity index is 1220. The SMILES string of the molecule is Cc1ccc2n[nH]c(CNC(=O)c3cncc(Cc4ccc(C#N)cc4)c3)c2c1. The van der Waals surface area contributed by atoms with Gasteiger partial charge in [-0.25, -0.2) is 0 Å². The number of H-pyrrole nitrogens is 1. The standard InChI is InChI=1S/C23H19N5O/c1-15-2-7-21-20(8-15)22(28-27-21)14-26-23(29)19-10-18(12-25-13-19)9-16-3-5-17(11-24)6-4-16/h2-8,10,12-13H,9,14H2,1H3,(H,26,29)(H,27,28). The van der Waals surface area contributed by atoms with Gasteiger partial charge >= 0.3 is 0 Å². The lowest BCUT2D eigenvalue weighted by molar-refractivity contribution is 0.0950. The Balaban J connectivity index is 1.45. The van der Waals surface area contributed by atoms with Gasteiger partial charge in [0.1, 0.15) is 0 Å². The van der Waals surface area contributed by atoms with Crippen molar-refractivity contribution in [1.82, 2.24) is 20.5 Å².